The molecule has 0 atom stereocenters. The van der Waals surface area contributed by atoms with E-state index < -0.39 is 0 Å². The van der Waals surface area contributed by atoms with Crippen LogP contribution in [0.2, 0.25) is 0 Å². The maximum absolute atomic E-state index is 2.20. The largest absolute Gasteiger partial charge is 0.126 e. The molecule has 1 heteroatoms. The van der Waals surface area contributed by atoms with Gasteiger partial charge >= 0.3 is 0 Å². The van der Waals surface area contributed by atoms with E-state index >= 15 is 0 Å². The molecule has 1 aromatic rings. The van der Waals surface area contributed by atoms with Gasteiger partial charge in [0.05, 0.1) is 0 Å². The summed E-state index contributed by atoms with van der Waals surface area (Å²) >= 11 is 1.92. The first kappa shape index (κ1) is 16.0. The minimum absolute atomic E-state index is 1.23. The second-order valence-corrected chi connectivity index (χ2v) is 3.33. The lowest BCUT2D eigenvalue weighted by atomic mass is 10.4. The molecule has 0 radical (unpaired) electrons. The van der Waals surface area contributed by atoms with Crippen molar-refractivity contribution >= 4 is 11.8 Å². The minimum atomic E-state index is 1.23. The third-order valence-electron chi connectivity index (χ3n) is 1.22. The van der Waals surface area contributed by atoms with Gasteiger partial charge in [-0.3, -0.25) is 0 Å². The zero-order valence-corrected chi connectivity index (χ0v) is 11.0. The molecule has 1 rings (SSSR count). The van der Waals surface area contributed by atoms with E-state index in [2.05, 4.69) is 37.3 Å². The molecule has 0 aliphatic carbocycles. The third kappa shape index (κ3) is 9.66. The predicted octanol–water partition coefficient (Wildman–Crippen LogP) is 5.24. The number of hydrogen-bond acceptors (Lipinski definition) is 1. The van der Waals surface area contributed by atoms with E-state index in [4.69, 9.17) is 0 Å². The Morgan fingerprint density at radius 3 is 1.86 bits per heavy atom. The van der Waals surface area contributed by atoms with Crippen LogP contribution in [0.5, 0.6) is 0 Å². The quantitative estimate of drug-likeness (QED) is 0.617. The van der Waals surface area contributed by atoms with Crippen molar-refractivity contribution in [1.82, 2.24) is 0 Å². The fraction of sp³-hybridized carbons (Fsp3) is 0.538. The summed E-state index contributed by atoms with van der Waals surface area (Å²) in [6, 6.07) is 10.5. The van der Waals surface area contributed by atoms with Crippen LogP contribution in [-0.2, 0) is 0 Å². The summed E-state index contributed by atoms with van der Waals surface area (Å²) in [6.45, 7) is 10.2. The third-order valence-corrected chi connectivity index (χ3v) is 2.43. The van der Waals surface area contributed by atoms with Crippen molar-refractivity contribution in [1.29, 1.82) is 0 Å². The average molecular weight is 212 g/mol. The summed E-state index contributed by atoms with van der Waals surface area (Å²) in [5.41, 5.74) is 0. The maximum atomic E-state index is 2.20. The van der Waals surface area contributed by atoms with Crippen LogP contribution in [-0.4, -0.2) is 5.75 Å². The molecular weight excluding hydrogens is 188 g/mol. The van der Waals surface area contributed by atoms with Crippen LogP contribution in [0.1, 0.15) is 41.0 Å². The monoisotopic (exact) mass is 212 g/mol. The number of benzene rings is 1. The summed E-state index contributed by atoms with van der Waals surface area (Å²) in [4.78, 5) is 1.38. The number of hydrogen-bond donors (Lipinski definition) is 0. The molecule has 82 valence electrons. The van der Waals surface area contributed by atoms with Crippen molar-refractivity contribution in [2.45, 2.75) is 45.9 Å². The summed E-state index contributed by atoms with van der Waals surface area (Å²) in [5.74, 6) is 1.23. The topological polar surface area (TPSA) is 0 Å². The predicted molar refractivity (Wildman–Crippen MR) is 70.2 cm³/mol. The maximum Gasteiger partial charge on any atom is 0.00719 e. The van der Waals surface area contributed by atoms with E-state index in [1.54, 1.807) is 0 Å². The van der Waals surface area contributed by atoms with Crippen LogP contribution in [0.4, 0.5) is 0 Å². The van der Waals surface area contributed by atoms with Gasteiger partial charge in [-0.25, -0.2) is 0 Å². The molecule has 0 aliphatic rings. The molecule has 0 spiro atoms. The van der Waals surface area contributed by atoms with Crippen molar-refractivity contribution in [3.63, 3.8) is 0 Å². The van der Waals surface area contributed by atoms with Gasteiger partial charge in [0.25, 0.3) is 0 Å². The minimum Gasteiger partial charge on any atom is -0.126 e. The van der Waals surface area contributed by atoms with Gasteiger partial charge in [-0.05, 0) is 24.3 Å². The van der Waals surface area contributed by atoms with Gasteiger partial charge in [0.1, 0.15) is 0 Å². The second kappa shape index (κ2) is 15.1. The summed E-state index contributed by atoms with van der Waals surface area (Å²) in [5, 5.41) is 0. The van der Waals surface area contributed by atoms with Crippen LogP contribution in [0, 0.1) is 0 Å². The van der Waals surface area contributed by atoms with E-state index in [-0.39, 0.29) is 0 Å². The molecule has 1 aromatic carbocycles. The van der Waals surface area contributed by atoms with Gasteiger partial charge < -0.3 is 0 Å². The lowest BCUT2D eigenvalue weighted by Gasteiger charge is -1.96. The lowest BCUT2D eigenvalue weighted by molar-refractivity contribution is 1.10. The Morgan fingerprint density at radius 1 is 0.929 bits per heavy atom. The molecule has 0 saturated carbocycles. The molecule has 0 amide bonds. The molecule has 0 unspecified atom stereocenters. The number of rotatable bonds is 3. The van der Waals surface area contributed by atoms with E-state index in [0.717, 1.165) is 0 Å². The summed E-state index contributed by atoms with van der Waals surface area (Å²) in [6.07, 6.45) is 1.25. The smallest absolute Gasteiger partial charge is 0.00719 e. The van der Waals surface area contributed by atoms with Gasteiger partial charge in [-0.1, -0.05) is 52.8 Å². The van der Waals surface area contributed by atoms with Gasteiger partial charge in [-0.2, -0.15) is 0 Å². The van der Waals surface area contributed by atoms with E-state index in [0.29, 0.717) is 0 Å². The first-order valence-corrected chi connectivity index (χ1v) is 6.60. The molecule has 0 aliphatic heterocycles. The Morgan fingerprint density at radius 2 is 1.43 bits per heavy atom. The van der Waals surface area contributed by atoms with Crippen molar-refractivity contribution in [3.8, 4) is 0 Å². The Bertz CT molecular complexity index is 170. The van der Waals surface area contributed by atoms with Crippen molar-refractivity contribution in [2.75, 3.05) is 5.75 Å². The number of thioether (sulfide) groups is 1. The van der Waals surface area contributed by atoms with Crippen molar-refractivity contribution in [3.05, 3.63) is 30.3 Å². The highest BCUT2D eigenvalue weighted by molar-refractivity contribution is 7.99. The van der Waals surface area contributed by atoms with E-state index in [1.165, 1.54) is 17.1 Å². The Labute approximate surface area is 94.1 Å². The Balaban J connectivity index is 0. The van der Waals surface area contributed by atoms with Crippen LogP contribution in [0.15, 0.2) is 35.2 Å². The zero-order valence-electron chi connectivity index (χ0n) is 10.2. The molecule has 0 bridgehead atoms. The Hall–Kier alpha value is -0.430. The van der Waals surface area contributed by atoms with Gasteiger partial charge in [0.2, 0.25) is 0 Å². The summed E-state index contributed by atoms with van der Waals surface area (Å²) < 4.78 is 0. The second-order valence-electron chi connectivity index (χ2n) is 2.16. The van der Waals surface area contributed by atoms with Gasteiger partial charge in [0, 0.05) is 4.90 Å². The summed E-state index contributed by atoms with van der Waals surface area (Å²) in [7, 11) is 0. The normalized spacial score (nSPS) is 7.79. The van der Waals surface area contributed by atoms with E-state index in [1.807, 2.05) is 39.5 Å². The van der Waals surface area contributed by atoms with Crippen LogP contribution in [0.3, 0.4) is 0 Å². The fourth-order valence-electron chi connectivity index (χ4n) is 0.737. The highest BCUT2D eigenvalue weighted by Gasteiger charge is 1.87. The van der Waals surface area contributed by atoms with Gasteiger partial charge in [0.15, 0.2) is 0 Å². The SMILES string of the molecule is CC.CC.CCCSc1ccccc1. The molecule has 0 heterocycles. The first-order valence-electron chi connectivity index (χ1n) is 5.61. The average Bonchev–Trinajstić information content (AvgIpc) is 2.33. The lowest BCUT2D eigenvalue weighted by Crippen LogP contribution is -1.73. The highest BCUT2D eigenvalue weighted by Crippen LogP contribution is 2.16. The van der Waals surface area contributed by atoms with Crippen LogP contribution in [0.25, 0.3) is 0 Å². The van der Waals surface area contributed by atoms with Gasteiger partial charge in [-0.15, -0.1) is 11.8 Å². The van der Waals surface area contributed by atoms with Crippen LogP contribution < -0.4 is 0 Å². The highest BCUT2D eigenvalue weighted by atomic mass is 32.2. The first-order chi connectivity index (χ1) is 6.93. The van der Waals surface area contributed by atoms with E-state index in [9.17, 15) is 0 Å². The zero-order chi connectivity index (χ0) is 11.2. The van der Waals surface area contributed by atoms with Crippen molar-refractivity contribution in [2.24, 2.45) is 0 Å². The molecule has 0 fully saturated rings. The fourth-order valence-corrected chi connectivity index (χ4v) is 1.53. The molecule has 0 N–H and O–H groups in total. The molecule has 14 heavy (non-hydrogen) atoms. The molecular formula is C13H24S. The molecule has 0 nitrogen and oxygen atoms in total. The Kier molecular flexibility index (Phi) is 17.2. The molecule has 0 saturated heterocycles. The van der Waals surface area contributed by atoms with Crippen LogP contribution >= 0.6 is 11.8 Å². The molecule has 0 aromatic heterocycles. The van der Waals surface area contributed by atoms with Crippen molar-refractivity contribution < 1.29 is 0 Å². The standard InChI is InChI=1S/C9H12S.2C2H6/c1-2-8-10-9-6-4-3-5-7-9;2*1-2/h3-7H,2,8H2,1H3;2*1-2H3.